The highest BCUT2D eigenvalue weighted by atomic mass is 35.5. The van der Waals surface area contributed by atoms with Gasteiger partial charge < -0.3 is 5.32 Å². The van der Waals surface area contributed by atoms with Crippen molar-refractivity contribution in [2.24, 2.45) is 0 Å². The van der Waals surface area contributed by atoms with Crippen molar-refractivity contribution in [2.75, 3.05) is 7.05 Å². The molecular formula is C19H17Cl2N4O2+. The number of benzene rings is 1. The van der Waals surface area contributed by atoms with Gasteiger partial charge in [0.25, 0.3) is 5.71 Å². The maximum Gasteiger partial charge on any atom is 0.413 e. The zero-order chi connectivity index (χ0) is 19.4. The molecule has 1 aromatic carbocycles. The number of aromatic nitrogens is 2. The number of hydrogen-bond donors (Lipinski definition) is 1. The van der Waals surface area contributed by atoms with E-state index in [0.29, 0.717) is 22.0 Å². The summed E-state index contributed by atoms with van der Waals surface area (Å²) in [5, 5.41) is 3.01. The Labute approximate surface area is 166 Å². The first-order chi connectivity index (χ1) is 13.0. The van der Waals surface area contributed by atoms with Crippen LogP contribution in [0, 0.1) is 0 Å². The molecule has 1 aliphatic carbocycles. The number of carbonyl (C=O) groups excluding carboxylic acids is 2. The number of carbonyl (C=O) groups is 2. The summed E-state index contributed by atoms with van der Waals surface area (Å²) in [6.45, 7) is 0. The van der Waals surface area contributed by atoms with Crippen LogP contribution in [0.3, 0.4) is 0 Å². The third kappa shape index (κ3) is 4.40. The van der Waals surface area contributed by atoms with Crippen LogP contribution in [0.5, 0.6) is 0 Å². The van der Waals surface area contributed by atoms with E-state index in [1.807, 2.05) is 0 Å². The lowest BCUT2D eigenvalue weighted by Gasteiger charge is -2.09. The van der Waals surface area contributed by atoms with Crippen LogP contribution in [-0.4, -0.2) is 45.2 Å². The van der Waals surface area contributed by atoms with Crippen molar-refractivity contribution >= 4 is 40.7 Å². The van der Waals surface area contributed by atoms with Gasteiger partial charge in [-0.15, -0.1) is 4.58 Å². The molecular weight excluding hydrogens is 387 g/mol. The number of nitrogens with zero attached hydrogens (tertiary/aromatic N) is 3. The molecule has 2 aromatic rings. The van der Waals surface area contributed by atoms with Crippen molar-refractivity contribution in [3.63, 3.8) is 0 Å². The molecule has 3 rings (SSSR count). The smallest absolute Gasteiger partial charge is 0.350 e. The van der Waals surface area contributed by atoms with Gasteiger partial charge in [-0.1, -0.05) is 23.2 Å². The van der Waals surface area contributed by atoms with E-state index in [1.165, 1.54) is 17.7 Å². The predicted molar refractivity (Wildman–Crippen MR) is 104 cm³/mol. The van der Waals surface area contributed by atoms with Crippen LogP contribution in [0.4, 0.5) is 0 Å². The fraction of sp³-hybridized carbons (Fsp3) is 0.211. The molecule has 0 radical (unpaired) electrons. The van der Waals surface area contributed by atoms with E-state index in [-0.39, 0.29) is 23.6 Å². The monoisotopic (exact) mass is 403 g/mol. The molecule has 0 spiro atoms. The minimum Gasteiger partial charge on any atom is -0.350 e. The zero-order valence-electron chi connectivity index (χ0n) is 14.5. The van der Waals surface area contributed by atoms with Crippen LogP contribution >= 0.6 is 23.2 Å². The van der Waals surface area contributed by atoms with Gasteiger partial charge in [0, 0.05) is 48.4 Å². The maximum absolute atomic E-state index is 12.7. The largest absolute Gasteiger partial charge is 0.413 e. The predicted octanol–water partition coefficient (Wildman–Crippen LogP) is 2.79. The molecule has 0 aliphatic heterocycles. The Bertz CT molecular complexity index is 938. The number of halogens is 2. The van der Waals surface area contributed by atoms with Crippen molar-refractivity contribution in [1.82, 2.24) is 15.3 Å². The van der Waals surface area contributed by atoms with Gasteiger partial charge in [-0.2, -0.15) is 0 Å². The average molecular weight is 404 g/mol. The lowest BCUT2D eigenvalue weighted by molar-refractivity contribution is -0.456. The summed E-state index contributed by atoms with van der Waals surface area (Å²) in [5.41, 5.74) is 2.52. The normalized spacial score (nSPS) is 14.8. The second kappa shape index (κ2) is 8.41. The molecule has 6 nitrogen and oxygen atoms in total. The summed E-state index contributed by atoms with van der Waals surface area (Å²) < 4.78 is 1.47. The molecule has 8 heteroatoms. The van der Waals surface area contributed by atoms with E-state index in [0.717, 1.165) is 18.4 Å². The van der Waals surface area contributed by atoms with E-state index in [9.17, 15) is 9.59 Å². The summed E-state index contributed by atoms with van der Waals surface area (Å²) in [6, 6.07) is 6.77. The van der Waals surface area contributed by atoms with Crippen LogP contribution in [0.25, 0.3) is 11.4 Å². The fourth-order valence-electron chi connectivity index (χ4n) is 2.74. The third-order valence-electron chi connectivity index (χ3n) is 4.03. The Morgan fingerprint density at radius 1 is 1.22 bits per heavy atom. The van der Waals surface area contributed by atoms with Crippen molar-refractivity contribution < 1.29 is 14.2 Å². The van der Waals surface area contributed by atoms with Crippen LogP contribution in [0.15, 0.2) is 48.3 Å². The zero-order valence-corrected chi connectivity index (χ0v) is 16.0. The summed E-state index contributed by atoms with van der Waals surface area (Å²) >= 11 is 11.9. The molecule has 0 saturated heterocycles. The lowest BCUT2D eigenvalue weighted by Crippen LogP contribution is -2.39. The molecule has 1 aliphatic rings. The second-order valence-electron chi connectivity index (χ2n) is 5.96. The quantitative estimate of drug-likeness (QED) is 0.473. The minimum absolute atomic E-state index is 0.0481. The van der Waals surface area contributed by atoms with E-state index in [1.54, 1.807) is 36.7 Å². The van der Waals surface area contributed by atoms with Crippen LogP contribution in [0.2, 0.25) is 5.02 Å². The van der Waals surface area contributed by atoms with Crippen LogP contribution in [-0.2, 0) is 9.59 Å². The molecule has 1 fully saturated rings. The number of likely N-dealkylation sites (N-methyl/N-ethyl adjacent to an activating group) is 1. The Morgan fingerprint density at radius 3 is 2.52 bits per heavy atom. The van der Waals surface area contributed by atoms with Crippen molar-refractivity contribution in [1.29, 1.82) is 0 Å². The molecule has 0 atom stereocenters. The van der Waals surface area contributed by atoms with Gasteiger partial charge in [0.15, 0.2) is 11.9 Å². The first-order valence-electron chi connectivity index (χ1n) is 8.32. The number of rotatable bonds is 5. The molecule has 27 heavy (non-hydrogen) atoms. The Kier molecular flexibility index (Phi) is 5.98. The molecule has 0 unspecified atom stereocenters. The molecule has 1 saturated carbocycles. The summed E-state index contributed by atoms with van der Waals surface area (Å²) in [4.78, 5) is 33.7. The third-order valence-corrected chi connectivity index (χ3v) is 4.38. The van der Waals surface area contributed by atoms with Crippen LogP contribution < -0.4 is 5.32 Å². The SMILES string of the molecule is CNC(=O)C(c1cc(Cl)cc(-c2ncccn2)c1)=[N+](C(=O)/C=C\Cl)C1CC1. The Morgan fingerprint density at radius 2 is 1.93 bits per heavy atom. The molecule has 1 heterocycles. The number of hydrogen-bond acceptors (Lipinski definition) is 4. The van der Waals surface area contributed by atoms with Crippen molar-refractivity contribution in [3.8, 4) is 11.4 Å². The fourth-order valence-corrected chi connectivity index (χ4v) is 3.08. The van der Waals surface area contributed by atoms with E-state index < -0.39 is 0 Å². The number of nitrogens with one attached hydrogen (secondary N) is 1. The van der Waals surface area contributed by atoms with Crippen molar-refractivity contribution in [3.05, 3.63) is 58.9 Å². The van der Waals surface area contributed by atoms with Gasteiger partial charge >= 0.3 is 11.8 Å². The summed E-state index contributed by atoms with van der Waals surface area (Å²) in [5.74, 6) is -0.272. The highest BCUT2D eigenvalue weighted by Crippen LogP contribution is 2.27. The van der Waals surface area contributed by atoms with E-state index in [2.05, 4.69) is 15.3 Å². The minimum atomic E-state index is -0.389. The molecule has 1 aromatic heterocycles. The Hall–Kier alpha value is -2.57. The lowest BCUT2D eigenvalue weighted by atomic mass is 10.0. The molecule has 0 bridgehead atoms. The number of amides is 2. The average Bonchev–Trinajstić information content (AvgIpc) is 3.50. The van der Waals surface area contributed by atoms with E-state index >= 15 is 0 Å². The maximum atomic E-state index is 12.7. The standard InChI is InChI=1S/C19H16Cl2N4O2/c1-22-19(27)17(25(15-3-4-15)16(26)5-6-20)12-9-13(11-14(21)10-12)18-23-7-2-8-24-18/h2,5-11,15H,3-4H2,1H3/p+1/b6-5-,25-17?. The highest BCUT2D eigenvalue weighted by molar-refractivity contribution is 6.44. The van der Waals surface area contributed by atoms with Gasteiger partial charge in [-0.3, -0.25) is 4.79 Å². The van der Waals surface area contributed by atoms with Crippen LogP contribution in [0.1, 0.15) is 18.4 Å². The first kappa shape index (κ1) is 19.2. The topological polar surface area (TPSA) is 75.0 Å². The van der Waals surface area contributed by atoms with E-state index in [4.69, 9.17) is 23.2 Å². The molecule has 2 amide bonds. The summed E-state index contributed by atoms with van der Waals surface area (Å²) in [7, 11) is 1.51. The van der Waals surface area contributed by atoms with Crippen molar-refractivity contribution in [2.45, 2.75) is 18.9 Å². The molecule has 138 valence electrons. The highest BCUT2D eigenvalue weighted by Gasteiger charge is 2.42. The molecule has 1 N–H and O–H groups in total. The van der Waals surface area contributed by atoms with Gasteiger partial charge in [0.2, 0.25) is 0 Å². The Balaban J connectivity index is 2.22. The van der Waals surface area contributed by atoms with Gasteiger partial charge in [0.1, 0.15) is 0 Å². The summed E-state index contributed by atoms with van der Waals surface area (Å²) in [6.07, 6.45) is 6.11. The second-order valence-corrected chi connectivity index (χ2v) is 6.65. The first-order valence-corrected chi connectivity index (χ1v) is 9.14. The van der Waals surface area contributed by atoms with Gasteiger partial charge in [0.05, 0.1) is 11.6 Å². The van der Waals surface area contributed by atoms with Gasteiger partial charge in [-0.05, 0) is 24.3 Å². The van der Waals surface area contributed by atoms with Gasteiger partial charge in [-0.25, -0.2) is 14.8 Å².